The van der Waals surface area contributed by atoms with Crippen molar-refractivity contribution in [3.63, 3.8) is 0 Å². The molecule has 0 rings (SSSR count). The minimum atomic E-state index is 0.241. The first-order valence-electron chi connectivity index (χ1n) is 8.49. The summed E-state index contributed by atoms with van der Waals surface area (Å²) in [5.74, 6) is 0.844. The van der Waals surface area contributed by atoms with Crippen LogP contribution in [0.4, 0.5) is 0 Å². The lowest BCUT2D eigenvalue weighted by Crippen LogP contribution is -2.44. The van der Waals surface area contributed by atoms with E-state index in [0.717, 1.165) is 5.92 Å². The Morgan fingerprint density at radius 1 is 0.947 bits per heavy atom. The second-order valence-corrected chi connectivity index (χ2v) is 7.85. The summed E-state index contributed by atoms with van der Waals surface area (Å²) in [4.78, 5) is 0. The average molecular weight is 270 g/mol. The van der Waals surface area contributed by atoms with E-state index in [4.69, 9.17) is 0 Å². The third kappa shape index (κ3) is 9.49. The lowest BCUT2D eigenvalue weighted by molar-refractivity contribution is 0.183. The maximum Gasteiger partial charge on any atom is 0.00967 e. The second-order valence-electron chi connectivity index (χ2n) is 7.85. The predicted molar refractivity (Wildman–Crippen MR) is 88.7 cm³/mol. The monoisotopic (exact) mass is 269 g/mol. The van der Waals surface area contributed by atoms with Crippen molar-refractivity contribution in [1.82, 2.24) is 5.32 Å². The zero-order valence-electron chi connectivity index (χ0n) is 14.7. The molecule has 0 aliphatic heterocycles. The fraction of sp³-hybridized carbons (Fsp3) is 1.00. The predicted octanol–water partition coefficient (Wildman–Crippen LogP) is 5.79. The molecule has 0 fully saturated rings. The first-order chi connectivity index (χ1) is 8.74. The van der Waals surface area contributed by atoms with Gasteiger partial charge in [-0.05, 0) is 51.4 Å². The molecule has 0 aromatic heterocycles. The van der Waals surface area contributed by atoms with E-state index in [1.165, 1.54) is 51.5 Å². The normalized spacial score (nSPS) is 15.8. The van der Waals surface area contributed by atoms with Gasteiger partial charge in [0.15, 0.2) is 0 Å². The molecule has 1 unspecified atom stereocenters. The van der Waals surface area contributed by atoms with E-state index in [-0.39, 0.29) is 5.54 Å². The third-order valence-electron chi connectivity index (χ3n) is 4.29. The van der Waals surface area contributed by atoms with Crippen LogP contribution < -0.4 is 5.32 Å². The van der Waals surface area contributed by atoms with Gasteiger partial charge in [-0.15, -0.1) is 0 Å². The second kappa shape index (κ2) is 9.00. The molecule has 19 heavy (non-hydrogen) atoms. The van der Waals surface area contributed by atoms with Gasteiger partial charge in [0, 0.05) is 12.1 Å². The molecule has 116 valence electrons. The molecular weight excluding hydrogens is 230 g/mol. The number of nitrogens with one attached hydrogen (secondary N) is 1. The molecule has 0 amide bonds. The molecule has 1 heteroatoms. The Bertz CT molecular complexity index is 214. The minimum Gasteiger partial charge on any atom is -0.312 e. The van der Waals surface area contributed by atoms with Crippen LogP contribution in [-0.2, 0) is 0 Å². The number of unbranched alkanes of at least 4 members (excludes halogenated alkanes) is 1. The summed E-state index contributed by atoms with van der Waals surface area (Å²) in [7, 11) is 0. The molecule has 0 aromatic rings. The molecule has 0 bridgehead atoms. The van der Waals surface area contributed by atoms with Gasteiger partial charge >= 0.3 is 0 Å². The Kier molecular flexibility index (Phi) is 8.98. The van der Waals surface area contributed by atoms with E-state index in [0.29, 0.717) is 5.41 Å². The molecule has 0 aromatic carbocycles. The fourth-order valence-electron chi connectivity index (χ4n) is 2.67. The number of hydrogen-bond donors (Lipinski definition) is 1. The molecule has 1 nitrogen and oxygen atoms in total. The number of hydrogen-bond acceptors (Lipinski definition) is 1. The molecule has 0 spiro atoms. The third-order valence-corrected chi connectivity index (χ3v) is 4.29. The maximum absolute atomic E-state index is 3.76. The van der Waals surface area contributed by atoms with Crippen LogP contribution in [0, 0.1) is 11.3 Å². The minimum absolute atomic E-state index is 0.241. The summed E-state index contributed by atoms with van der Waals surface area (Å²) in [6.07, 6.45) is 9.56. The zero-order chi connectivity index (χ0) is 14.9. The van der Waals surface area contributed by atoms with Crippen LogP contribution in [0.15, 0.2) is 0 Å². The van der Waals surface area contributed by atoms with Crippen molar-refractivity contribution in [1.29, 1.82) is 0 Å². The molecule has 0 aliphatic rings. The van der Waals surface area contributed by atoms with Crippen LogP contribution in [0.1, 0.15) is 93.4 Å². The average Bonchev–Trinajstić information content (AvgIpc) is 2.31. The van der Waals surface area contributed by atoms with Crippen molar-refractivity contribution in [3.05, 3.63) is 0 Å². The van der Waals surface area contributed by atoms with E-state index < -0.39 is 0 Å². The SMILES string of the molecule is CCCCC(CC)(CCCC(C)C)CNC(C)(C)C. The van der Waals surface area contributed by atoms with Gasteiger partial charge in [0.2, 0.25) is 0 Å². The molecule has 0 aliphatic carbocycles. The number of rotatable bonds is 10. The highest BCUT2D eigenvalue weighted by molar-refractivity contribution is 4.84. The highest BCUT2D eigenvalue weighted by Gasteiger charge is 2.28. The van der Waals surface area contributed by atoms with Crippen LogP contribution in [0.25, 0.3) is 0 Å². The standard InChI is InChI=1S/C18H39N/c1-8-10-13-18(9-2,14-11-12-16(3)4)15-19-17(5,6)7/h16,19H,8-15H2,1-7H3. The summed E-state index contributed by atoms with van der Waals surface area (Å²) in [6.45, 7) is 17.4. The molecule has 1 N–H and O–H groups in total. The molecule has 0 saturated carbocycles. The van der Waals surface area contributed by atoms with Crippen molar-refractivity contribution in [3.8, 4) is 0 Å². The van der Waals surface area contributed by atoms with E-state index in [1.807, 2.05) is 0 Å². The quantitative estimate of drug-likeness (QED) is 0.529. The Labute approximate surface area is 122 Å². The maximum atomic E-state index is 3.76. The lowest BCUT2D eigenvalue weighted by Gasteiger charge is -2.37. The molecule has 0 saturated heterocycles. The Morgan fingerprint density at radius 2 is 1.53 bits per heavy atom. The zero-order valence-corrected chi connectivity index (χ0v) is 14.7. The van der Waals surface area contributed by atoms with Crippen molar-refractivity contribution < 1.29 is 0 Å². The van der Waals surface area contributed by atoms with Gasteiger partial charge in [-0.2, -0.15) is 0 Å². The summed E-state index contributed by atoms with van der Waals surface area (Å²) < 4.78 is 0. The topological polar surface area (TPSA) is 12.0 Å². The summed E-state index contributed by atoms with van der Waals surface area (Å²) in [5.41, 5.74) is 0.767. The van der Waals surface area contributed by atoms with E-state index in [2.05, 4.69) is 53.8 Å². The largest absolute Gasteiger partial charge is 0.312 e. The molecule has 0 radical (unpaired) electrons. The first-order valence-corrected chi connectivity index (χ1v) is 8.49. The van der Waals surface area contributed by atoms with Crippen molar-refractivity contribution in [2.45, 2.75) is 99.0 Å². The smallest absolute Gasteiger partial charge is 0.00967 e. The highest BCUT2D eigenvalue weighted by atomic mass is 15.0. The summed E-state index contributed by atoms with van der Waals surface area (Å²) in [5, 5.41) is 3.76. The Balaban J connectivity index is 4.48. The van der Waals surface area contributed by atoms with Crippen molar-refractivity contribution in [2.75, 3.05) is 6.54 Å². The van der Waals surface area contributed by atoms with Crippen molar-refractivity contribution >= 4 is 0 Å². The van der Waals surface area contributed by atoms with Crippen LogP contribution in [-0.4, -0.2) is 12.1 Å². The van der Waals surface area contributed by atoms with Crippen LogP contribution in [0.5, 0.6) is 0 Å². The van der Waals surface area contributed by atoms with Gasteiger partial charge in [0.25, 0.3) is 0 Å². The summed E-state index contributed by atoms with van der Waals surface area (Å²) in [6, 6.07) is 0. The first kappa shape index (κ1) is 19.0. The highest BCUT2D eigenvalue weighted by Crippen LogP contribution is 2.35. The van der Waals surface area contributed by atoms with Gasteiger partial charge in [-0.3, -0.25) is 0 Å². The Hall–Kier alpha value is -0.0400. The lowest BCUT2D eigenvalue weighted by atomic mass is 9.75. The van der Waals surface area contributed by atoms with Gasteiger partial charge in [0.1, 0.15) is 0 Å². The van der Waals surface area contributed by atoms with Gasteiger partial charge in [0.05, 0.1) is 0 Å². The van der Waals surface area contributed by atoms with Gasteiger partial charge < -0.3 is 5.32 Å². The fourth-order valence-corrected chi connectivity index (χ4v) is 2.67. The van der Waals surface area contributed by atoms with E-state index in [1.54, 1.807) is 0 Å². The van der Waals surface area contributed by atoms with Gasteiger partial charge in [-0.25, -0.2) is 0 Å². The molecular formula is C18H39N. The molecule has 1 atom stereocenters. The van der Waals surface area contributed by atoms with Crippen LogP contribution in [0.2, 0.25) is 0 Å². The molecule has 0 heterocycles. The Morgan fingerprint density at radius 3 is 1.95 bits per heavy atom. The van der Waals surface area contributed by atoms with E-state index >= 15 is 0 Å². The van der Waals surface area contributed by atoms with Crippen molar-refractivity contribution in [2.24, 2.45) is 11.3 Å². The van der Waals surface area contributed by atoms with Gasteiger partial charge in [-0.1, -0.05) is 53.4 Å². The van der Waals surface area contributed by atoms with E-state index in [9.17, 15) is 0 Å². The van der Waals surface area contributed by atoms with Crippen LogP contribution >= 0.6 is 0 Å². The van der Waals surface area contributed by atoms with Crippen LogP contribution in [0.3, 0.4) is 0 Å². The summed E-state index contributed by atoms with van der Waals surface area (Å²) >= 11 is 0.